The maximum absolute atomic E-state index is 12.4. The zero-order valence-corrected chi connectivity index (χ0v) is 37.6. The number of nitrogens with one attached hydrogen (secondary N) is 2. The third kappa shape index (κ3) is 19.1. The van der Waals surface area contributed by atoms with Crippen molar-refractivity contribution in [2.75, 3.05) is 6.61 Å². The van der Waals surface area contributed by atoms with E-state index in [-0.39, 0.29) is 57.8 Å². The second kappa shape index (κ2) is 23.4. The van der Waals surface area contributed by atoms with Crippen molar-refractivity contribution in [3.8, 4) is 11.5 Å². The lowest BCUT2D eigenvalue weighted by atomic mass is 9.81. The van der Waals surface area contributed by atoms with Crippen LogP contribution in [0.3, 0.4) is 0 Å². The van der Waals surface area contributed by atoms with Gasteiger partial charge in [-0.1, -0.05) is 95.0 Å². The highest BCUT2D eigenvalue weighted by atomic mass is 16.5. The molecule has 2 heterocycles. The van der Waals surface area contributed by atoms with E-state index in [1.807, 2.05) is 18.2 Å². The smallest absolute Gasteiger partial charge is 0.306 e. The van der Waals surface area contributed by atoms with Crippen LogP contribution in [0, 0.1) is 0 Å². The monoisotopic (exact) mass is 807 g/mol. The van der Waals surface area contributed by atoms with E-state index in [0.717, 1.165) is 77.0 Å². The van der Waals surface area contributed by atoms with E-state index in [9.17, 15) is 19.5 Å². The lowest BCUT2D eigenvalue weighted by Gasteiger charge is -2.46. The highest BCUT2D eigenvalue weighted by molar-refractivity contribution is 6.10. The maximum atomic E-state index is 12.4. The Balaban J connectivity index is 0.000000329. The molecule has 2 aromatic rings. The summed E-state index contributed by atoms with van der Waals surface area (Å²) in [4.78, 5) is 36.9. The molecule has 3 N–H and O–H groups in total. The molecule has 0 spiro atoms. The van der Waals surface area contributed by atoms with Gasteiger partial charge in [-0.3, -0.25) is 14.4 Å². The Hall–Kier alpha value is -3.43. The summed E-state index contributed by atoms with van der Waals surface area (Å²) >= 11 is 0. The van der Waals surface area contributed by atoms with Gasteiger partial charge in [0.1, 0.15) is 23.7 Å². The lowest BCUT2D eigenvalue weighted by Crippen LogP contribution is -2.59. The van der Waals surface area contributed by atoms with Crippen molar-refractivity contribution in [2.24, 2.45) is 0 Å². The Labute approximate surface area is 351 Å². The molecular weight excluding hydrogens is 729 g/mol. The molecule has 2 fully saturated rings. The number of esters is 2. The van der Waals surface area contributed by atoms with Gasteiger partial charge in [-0.2, -0.15) is 0 Å². The fraction of sp³-hybridized carbons (Fsp3) is 0.694. The van der Waals surface area contributed by atoms with Gasteiger partial charge in [0.25, 0.3) is 0 Å². The molecule has 2 aromatic carbocycles. The predicted octanol–water partition coefficient (Wildman–Crippen LogP) is 11.2. The van der Waals surface area contributed by atoms with Gasteiger partial charge in [-0.25, -0.2) is 0 Å². The van der Waals surface area contributed by atoms with Crippen molar-refractivity contribution in [2.45, 2.75) is 212 Å². The number of benzene rings is 2. The molecule has 2 aliphatic heterocycles. The standard InChI is InChI=1S/C28H52N2O4.C21H26O3/c1-25(2)17-21(18-26(3,4)29-25)33-23(31)15-13-11-9-10-12-14-16-24(32)34-22-19-27(5,6)30-28(7,8)20-22;1-2-3-4-5-6-10-15-24-18-13-14-19(20(22)16-18)21(23)17-11-8-7-9-12-17/h21-22,29-30H,9-20H2,1-8H3;7-9,11-14,16,22H,2-6,10,15H2,1H3. The average Bonchev–Trinajstić information content (AvgIpc) is 3.10. The van der Waals surface area contributed by atoms with Crippen molar-refractivity contribution in [1.29, 1.82) is 0 Å². The molecule has 9 nitrogen and oxygen atoms in total. The highest BCUT2D eigenvalue weighted by Gasteiger charge is 2.40. The first-order chi connectivity index (χ1) is 27.3. The first kappa shape index (κ1) is 48.9. The summed E-state index contributed by atoms with van der Waals surface area (Å²) in [6.07, 6.45) is 17.7. The molecule has 0 saturated carbocycles. The first-order valence-corrected chi connectivity index (χ1v) is 22.3. The van der Waals surface area contributed by atoms with Crippen molar-refractivity contribution in [3.05, 3.63) is 59.7 Å². The zero-order chi connectivity index (χ0) is 42.8. The number of ether oxygens (including phenoxy) is 3. The van der Waals surface area contributed by atoms with Crippen LogP contribution in [0.1, 0.15) is 194 Å². The van der Waals surface area contributed by atoms with Gasteiger partial charge in [0.15, 0.2) is 5.78 Å². The SMILES string of the molecule is CC1(C)CC(OC(=O)CCCCCCCCC(=O)OC2CC(C)(C)NC(C)(C)C2)CC(C)(C)N1.CCCCCCCCOc1ccc(C(=O)c2ccccc2)c(O)c1. The van der Waals surface area contributed by atoms with E-state index in [1.165, 1.54) is 31.7 Å². The fourth-order valence-corrected chi connectivity index (χ4v) is 8.97. The van der Waals surface area contributed by atoms with Crippen LogP contribution in [0.15, 0.2) is 48.5 Å². The maximum Gasteiger partial charge on any atom is 0.306 e. The molecule has 0 unspecified atom stereocenters. The van der Waals surface area contributed by atoms with E-state index in [4.69, 9.17) is 14.2 Å². The Kier molecular flexibility index (Phi) is 19.7. The van der Waals surface area contributed by atoms with Crippen LogP contribution in [-0.4, -0.2) is 63.8 Å². The predicted molar refractivity (Wildman–Crippen MR) is 235 cm³/mol. The van der Waals surface area contributed by atoms with Crippen LogP contribution in [0.2, 0.25) is 0 Å². The number of carbonyl (C=O) groups is 3. The van der Waals surface area contributed by atoms with E-state index >= 15 is 0 Å². The molecule has 0 radical (unpaired) electrons. The summed E-state index contributed by atoms with van der Waals surface area (Å²) in [5.41, 5.74) is 0.807. The number of piperidine rings is 2. The van der Waals surface area contributed by atoms with E-state index in [2.05, 4.69) is 72.9 Å². The number of ketones is 1. The summed E-state index contributed by atoms with van der Waals surface area (Å²) in [5.74, 6) is 0.251. The number of hydrogen-bond donors (Lipinski definition) is 3. The summed E-state index contributed by atoms with van der Waals surface area (Å²) in [6.45, 7) is 20.2. The number of hydrogen-bond acceptors (Lipinski definition) is 9. The van der Waals surface area contributed by atoms with Gasteiger partial charge < -0.3 is 30.0 Å². The van der Waals surface area contributed by atoms with Crippen molar-refractivity contribution < 1.29 is 33.7 Å². The van der Waals surface area contributed by atoms with Gasteiger partial charge in [0.2, 0.25) is 0 Å². The zero-order valence-electron chi connectivity index (χ0n) is 37.6. The summed E-state index contributed by atoms with van der Waals surface area (Å²) in [5, 5.41) is 17.4. The number of carbonyl (C=O) groups excluding carboxylic acids is 3. The fourth-order valence-electron chi connectivity index (χ4n) is 8.97. The van der Waals surface area contributed by atoms with E-state index in [0.29, 0.717) is 36.3 Å². The number of aromatic hydroxyl groups is 1. The highest BCUT2D eigenvalue weighted by Crippen LogP contribution is 2.32. The molecule has 0 atom stereocenters. The third-order valence-electron chi connectivity index (χ3n) is 10.9. The van der Waals surface area contributed by atoms with Crippen molar-refractivity contribution >= 4 is 17.7 Å². The van der Waals surface area contributed by atoms with Crippen LogP contribution in [0.5, 0.6) is 11.5 Å². The number of unbranched alkanes of at least 4 members (excludes halogenated alkanes) is 10. The Morgan fingerprint density at radius 1 is 0.603 bits per heavy atom. The van der Waals surface area contributed by atoms with Gasteiger partial charge in [0, 0.05) is 72.3 Å². The van der Waals surface area contributed by atoms with Gasteiger partial charge >= 0.3 is 11.9 Å². The molecular formula is C49H78N2O7. The molecule has 0 aliphatic carbocycles. The topological polar surface area (TPSA) is 123 Å². The van der Waals surface area contributed by atoms with Crippen LogP contribution >= 0.6 is 0 Å². The van der Waals surface area contributed by atoms with Crippen LogP contribution in [0.4, 0.5) is 0 Å². The minimum atomic E-state index is -0.185. The molecule has 9 heteroatoms. The Bertz CT molecular complexity index is 1460. The van der Waals surface area contributed by atoms with Gasteiger partial charge in [0.05, 0.1) is 12.2 Å². The number of rotatable bonds is 21. The molecule has 326 valence electrons. The summed E-state index contributed by atoms with van der Waals surface area (Å²) in [6, 6.07) is 13.8. The van der Waals surface area contributed by atoms with Crippen LogP contribution < -0.4 is 15.4 Å². The Morgan fingerprint density at radius 3 is 1.48 bits per heavy atom. The minimum absolute atomic E-state index is 0.000484. The molecule has 2 saturated heterocycles. The molecule has 2 aliphatic rings. The largest absolute Gasteiger partial charge is 0.507 e. The summed E-state index contributed by atoms with van der Waals surface area (Å²) < 4.78 is 17.2. The summed E-state index contributed by atoms with van der Waals surface area (Å²) in [7, 11) is 0. The normalized spacial score (nSPS) is 18.4. The van der Waals surface area contributed by atoms with Crippen molar-refractivity contribution in [3.63, 3.8) is 0 Å². The quantitative estimate of drug-likeness (QED) is 0.0642. The lowest BCUT2D eigenvalue weighted by molar-refractivity contribution is -0.154. The molecule has 58 heavy (non-hydrogen) atoms. The first-order valence-electron chi connectivity index (χ1n) is 22.3. The molecule has 4 rings (SSSR count). The molecule has 0 aromatic heterocycles. The average molecular weight is 807 g/mol. The van der Waals surface area contributed by atoms with Gasteiger partial charge in [-0.05, 0) is 86.8 Å². The Morgan fingerprint density at radius 2 is 1.03 bits per heavy atom. The third-order valence-corrected chi connectivity index (χ3v) is 10.9. The van der Waals surface area contributed by atoms with Crippen LogP contribution in [0.25, 0.3) is 0 Å². The number of phenolic OH excluding ortho intramolecular Hbond substituents is 1. The molecule has 0 bridgehead atoms. The second-order valence-electron chi connectivity index (χ2n) is 19.4. The van der Waals surface area contributed by atoms with E-state index in [1.54, 1.807) is 24.3 Å². The van der Waals surface area contributed by atoms with Gasteiger partial charge in [-0.15, -0.1) is 0 Å². The minimum Gasteiger partial charge on any atom is -0.507 e. The van der Waals surface area contributed by atoms with E-state index < -0.39 is 0 Å². The second-order valence-corrected chi connectivity index (χ2v) is 19.4. The van der Waals surface area contributed by atoms with Crippen LogP contribution in [-0.2, 0) is 19.1 Å². The molecule has 0 amide bonds. The van der Waals surface area contributed by atoms with Crippen molar-refractivity contribution in [1.82, 2.24) is 10.6 Å². The number of phenols is 1.